The van der Waals surface area contributed by atoms with Crippen molar-refractivity contribution in [1.82, 2.24) is 4.90 Å². The summed E-state index contributed by atoms with van der Waals surface area (Å²) in [5.74, 6) is 0.739. The Morgan fingerprint density at radius 1 is 1.60 bits per heavy atom. The predicted molar refractivity (Wildman–Crippen MR) is 41.5 cm³/mol. The van der Waals surface area contributed by atoms with Crippen LogP contribution in [0.1, 0.15) is 13.8 Å². The van der Waals surface area contributed by atoms with E-state index in [9.17, 15) is 0 Å². The third-order valence-electron chi connectivity index (χ3n) is 1.46. The van der Waals surface area contributed by atoms with Crippen molar-refractivity contribution in [2.75, 3.05) is 19.7 Å². The molecule has 10 heavy (non-hydrogen) atoms. The minimum atomic E-state index is 0.739. The van der Waals surface area contributed by atoms with Gasteiger partial charge in [0.05, 0.1) is 12.8 Å². The highest BCUT2D eigenvalue weighted by molar-refractivity contribution is 4.80. The zero-order valence-electron chi connectivity index (χ0n) is 6.71. The fourth-order valence-corrected chi connectivity index (χ4v) is 1.06. The average molecular weight is 141 g/mol. The first kappa shape index (κ1) is 7.45. The van der Waals surface area contributed by atoms with E-state index in [-0.39, 0.29) is 0 Å². The van der Waals surface area contributed by atoms with E-state index in [0.717, 1.165) is 25.6 Å². The van der Waals surface area contributed by atoms with Crippen molar-refractivity contribution in [3.8, 4) is 0 Å². The van der Waals surface area contributed by atoms with E-state index in [1.807, 2.05) is 6.20 Å². The maximum Gasteiger partial charge on any atom is 0.105 e. The van der Waals surface area contributed by atoms with Crippen molar-refractivity contribution >= 4 is 0 Å². The van der Waals surface area contributed by atoms with Gasteiger partial charge in [0, 0.05) is 12.7 Å². The molecule has 2 heteroatoms. The number of hydrogen-bond donors (Lipinski definition) is 0. The molecule has 0 unspecified atom stereocenters. The molecule has 0 N–H and O–H groups in total. The standard InChI is InChI=1S/C8H15NO/c1-8(2)7-9-3-5-10-6-4-9/h3,5,8H,4,6-7H2,1-2H3. The third-order valence-corrected chi connectivity index (χ3v) is 1.46. The van der Waals surface area contributed by atoms with Gasteiger partial charge in [0.25, 0.3) is 0 Å². The first-order valence-electron chi connectivity index (χ1n) is 3.81. The summed E-state index contributed by atoms with van der Waals surface area (Å²) < 4.78 is 5.06. The maximum absolute atomic E-state index is 5.06. The SMILES string of the molecule is CC(C)CN1C=COCC1. The molecule has 0 aliphatic carbocycles. The van der Waals surface area contributed by atoms with Gasteiger partial charge in [-0.15, -0.1) is 0 Å². The molecule has 0 amide bonds. The molecule has 0 aromatic rings. The normalized spacial score (nSPS) is 17.7. The molecule has 0 atom stereocenters. The Bertz CT molecular complexity index is 120. The second-order valence-corrected chi connectivity index (χ2v) is 3.04. The molecule has 2 nitrogen and oxygen atoms in total. The zero-order valence-corrected chi connectivity index (χ0v) is 6.71. The van der Waals surface area contributed by atoms with E-state index < -0.39 is 0 Å². The van der Waals surface area contributed by atoms with E-state index in [4.69, 9.17) is 4.74 Å². The van der Waals surface area contributed by atoms with Crippen molar-refractivity contribution in [3.63, 3.8) is 0 Å². The van der Waals surface area contributed by atoms with E-state index in [1.54, 1.807) is 6.26 Å². The topological polar surface area (TPSA) is 12.5 Å². The highest BCUT2D eigenvalue weighted by atomic mass is 16.5. The highest BCUT2D eigenvalue weighted by Crippen LogP contribution is 2.02. The molecular weight excluding hydrogens is 126 g/mol. The van der Waals surface area contributed by atoms with Gasteiger partial charge in [0.1, 0.15) is 6.61 Å². The Kier molecular flexibility index (Phi) is 2.60. The second kappa shape index (κ2) is 3.49. The fourth-order valence-electron chi connectivity index (χ4n) is 1.06. The van der Waals surface area contributed by atoms with Crippen LogP contribution in [0, 0.1) is 5.92 Å². The van der Waals surface area contributed by atoms with Crippen LogP contribution in [0.15, 0.2) is 12.5 Å². The van der Waals surface area contributed by atoms with Crippen LogP contribution in [0.4, 0.5) is 0 Å². The lowest BCUT2D eigenvalue weighted by molar-refractivity contribution is 0.165. The molecule has 0 aromatic heterocycles. The average Bonchev–Trinajstić information content (AvgIpc) is 1.88. The Labute approximate surface area is 62.5 Å². The first-order valence-corrected chi connectivity index (χ1v) is 3.81. The van der Waals surface area contributed by atoms with Gasteiger partial charge in [0.2, 0.25) is 0 Å². The molecule has 0 saturated heterocycles. The van der Waals surface area contributed by atoms with Crippen LogP contribution in [0.25, 0.3) is 0 Å². The summed E-state index contributed by atoms with van der Waals surface area (Å²) >= 11 is 0. The summed E-state index contributed by atoms with van der Waals surface area (Å²) in [6.45, 7) is 7.46. The van der Waals surface area contributed by atoms with Gasteiger partial charge < -0.3 is 9.64 Å². The van der Waals surface area contributed by atoms with Gasteiger partial charge in [-0.2, -0.15) is 0 Å². The predicted octanol–water partition coefficient (Wildman–Crippen LogP) is 1.45. The Morgan fingerprint density at radius 3 is 2.90 bits per heavy atom. The summed E-state index contributed by atoms with van der Waals surface area (Å²) in [5, 5.41) is 0. The Morgan fingerprint density at radius 2 is 2.40 bits per heavy atom. The molecule has 0 aromatic carbocycles. The lowest BCUT2D eigenvalue weighted by Gasteiger charge is -2.24. The summed E-state index contributed by atoms with van der Waals surface area (Å²) in [5.41, 5.74) is 0. The third kappa shape index (κ3) is 2.29. The highest BCUT2D eigenvalue weighted by Gasteiger charge is 2.04. The molecular formula is C8H15NO. The van der Waals surface area contributed by atoms with Gasteiger partial charge in [0.15, 0.2) is 0 Å². The van der Waals surface area contributed by atoms with Gasteiger partial charge in [-0.05, 0) is 5.92 Å². The van der Waals surface area contributed by atoms with Crippen molar-refractivity contribution < 1.29 is 4.74 Å². The van der Waals surface area contributed by atoms with E-state index in [0.29, 0.717) is 0 Å². The maximum atomic E-state index is 5.06. The van der Waals surface area contributed by atoms with Crippen molar-refractivity contribution in [2.45, 2.75) is 13.8 Å². The molecule has 0 bridgehead atoms. The number of rotatable bonds is 2. The number of hydrogen-bond acceptors (Lipinski definition) is 2. The Balaban J connectivity index is 2.26. The molecule has 0 radical (unpaired) electrons. The summed E-state index contributed by atoms with van der Waals surface area (Å²) in [6, 6.07) is 0. The van der Waals surface area contributed by atoms with Crippen LogP contribution in [0.2, 0.25) is 0 Å². The smallest absolute Gasteiger partial charge is 0.105 e. The fraction of sp³-hybridized carbons (Fsp3) is 0.750. The number of nitrogens with zero attached hydrogens (tertiary/aromatic N) is 1. The minimum Gasteiger partial charge on any atom is -0.498 e. The van der Waals surface area contributed by atoms with Crippen molar-refractivity contribution in [3.05, 3.63) is 12.5 Å². The van der Waals surface area contributed by atoms with E-state index in [2.05, 4.69) is 18.7 Å². The van der Waals surface area contributed by atoms with Crippen LogP contribution in [0.5, 0.6) is 0 Å². The summed E-state index contributed by atoms with van der Waals surface area (Å²) in [7, 11) is 0. The Hall–Kier alpha value is -0.660. The lowest BCUT2D eigenvalue weighted by Crippen LogP contribution is -2.28. The lowest BCUT2D eigenvalue weighted by atomic mass is 10.2. The zero-order chi connectivity index (χ0) is 7.40. The molecule has 1 aliphatic rings. The van der Waals surface area contributed by atoms with Crippen LogP contribution >= 0.6 is 0 Å². The molecule has 58 valence electrons. The molecule has 0 fully saturated rings. The van der Waals surface area contributed by atoms with E-state index >= 15 is 0 Å². The molecule has 1 heterocycles. The second-order valence-electron chi connectivity index (χ2n) is 3.04. The van der Waals surface area contributed by atoms with Gasteiger partial charge in [-0.25, -0.2) is 0 Å². The number of ether oxygens (including phenoxy) is 1. The van der Waals surface area contributed by atoms with Gasteiger partial charge in [-0.1, -0.05) is 13.8 Å². The molecule has 1 rings (SSSR count). The van der Waals surface area contributed by atoms with Crippen LogP contribution in [-0.4, -0.2) is 24.6 Å². The van der Waals surface area contributed by atoms with Gasteiger partial charge >= 0.3 is 0 Å². The largest absolute Gasteiger partial charge is 0.498 e. The molecule has 0 spiro atoms. The van der Waals surface area contributed by atoms with Crippen LogP contribution in [0.3, 0.4) is 0 Å². The molecule has 0 saturated carbocycles. The van der Waals surface area contributed by atoms with Crippen molar-refractivity contribution in [2.24, 2.45) is 5.92 Å². The monoisotopic (exact) mass is 141 g/mol. The van der Waals surface area contributed by atoms with Gasteiger partial charge in [-0.3, -0.25) is 0 Å². The quantitative estimate of drug-likeness (QED) is 0.577. The van der Waals surface area contributed by atoms with Crippen molar-refractivity contribution in [1.29, 1.82) is 0 Å². The first-order chi connectivity index (χ1) is 4.79. The summed E-state index contributed by atoms with van der Waals surface area (Å²) in [6.07, 6.45) is 3.79. The summed E-state index contributed by atoms with van der Waals surface area (Å²) in [4.78, 5) is 2.29. The minimum absolute atomic E-state index is 0.739. The van der Waals surface area contributed by atoms with E-state index in [1.165, 1.54) is 0 Å². The van der Waals surface area contributed by atoms with Crippen LogP contribution < -0.4 is 0 Å². The van der Waals surface area contributed by atoms with Crippen LogP contribution in [-0.2, 0) is 4.74 Å². The molecule has 1 aliphatic heterocycles.